The Kier molecular flexibility index (Phi) is 10.7. The van der Waals surface area contributed by atoms with E-state index in [2.05, 4.69) is 0 Å². The molecule has 0 spiro atoms. The first-order valence-corrected chi connectivity index (χ1v) is 10.0. The average molecular weight is 440 g/mol. The molecule has 0 unspecified atom stereocenters. The molecule has 0 atom stereocenters. The van der Waals surface area contributed by atoms with Gasteiger partial charge in [-0.15, -0.1) is 12.4 Å². The van der Waals surface area contributed by atoms with Gasteiger partial charge in [0.1, 0.15) is 5.75 Å². The lowest BCUT2D eigenvalue weighted by Crippen LogP contribution is -2.32. The highest BCUT2D eigenvalue weighted by atomic mass is 35.5. The lowest BCUT2D eigenvalue weighted by atomic mass is 9.82. The predicted molar refractivity (Wildman–Crippen MR) is 113 cm³/mol. The van der Waals surface area contributed by atoms with Crippen LogP contribution in [0.25, 0.3) is 0 Å². The van der Waals surface area contributed by atoms with Crippen LogP contribution in [0.1, 0.15) is 51.5 Å². The van der Waals surface area contributed by atoms with E-state index in [0.29, 0.717) is 24.6 Å². The van der Waals surface area contributed by atoms with Crippen LogP contribution in [0.3, 0.4) is 0 Å². The molecular weight excluding hydrogens is 410 g/mol. The summed E-state index contributed by atoms with van der Waals surface area (Å²) in [5, 5.41) is 0. The van der Waals surface area contributed by atoms with Crippen LogP contribution in [0.4, 0.5) is 0 Å². The summed E-state index contributed by atoms with van der Waals surface area (Å²) >= 11 is 0. The van der Waals surface area contributed by atoms with E-state index in [9.17, 15) is 19.2 Å². The summed E-state index contributed by atoms with van der Waals surface area (Å²) in [5.74, 6) is -0.910. The van der Waals surface area contributed by atoms with E-state index < -0.39 is 23.6 Å². The summed E-state index contributed by atoms with van der Waals surface area (Å²) in [7, 11) is 0. The average Bonchev–Trinajstić information content (AvgIpc) is 2.71. The van der Waals surface area contributed by atoms with Gasteiger partial charge in [-0.1, -0.05) is 12.1 Å². The molecule has 0 aliphatic heterocycles. The van der Waals surface area contributed by atoms with Gasteiger partial charge in [-0.3, -0.25) is 19.2 Å². The van der Waals surface area contributed by atoms with Gasteiger partial charge in [-0.2, -0.15) is 0 Å². The number of carbonyl (C=O) groups is 4. The van der Waals surface area contributed by atoms with Crippen molar-refractivity contribution in [1.29, 1.82) is 0 Å². The van der Waals surface area contributed by atoms with Crippen molar-refractivity contribution in [3.63, 3.8) is 0 Å². The molecule has 2 rings (SSSR count). The molecule has 166 valence electrons. The molecule has 1 aromatic rings. The zero-order valence-corrected chi connectivity index (χ0v) is 18.2. The number of rotatable bonds is 9. The molecule has 0 amide bonds. The summed E-state index contributed by atoms with van der Waals surface area (Å²) < 4.78 is 10.4. The van der Waals surface area contributed by atoms with Crippen LogP contribution < -0.4 is 10.5 Å². The van der Waals surface area contributed by atoms with Gasteiger partial charge in [-0.05, 0) is 76.1 Å². The third kappa shape index (κ3) is 7.88. The molecule has 0 radical (unpaired) electrons. The van der Waals surface area contributed by atoms with Crippen molar-refractivity contribution in [2.45, 2.75) is 58.5 Å². The number of carbonyl (C=O) groups excluding carboxylic acids is 4. The Morgan fingerprint density at radius 1 is 1.00 bits per heavy atom. The number of hydrogen-bond acceptors (Lipinski definition) is 7. The Bertz CT molecular complexity index is 726. The Morgan fingerprint density at radius 3 is 2.07 bits per heavy atom. The number of Topliss-reactive ketones (excluding diaryl/α,β-unsaturated/α-hetero) is 2. The molecule has 8 heteroatoms. The Labute approximate surface area is 183 Å². The molecule has 2 N–H and O–H groups in total. The number of ether oxygens (including phenoxy) is 2. The minimum Gasteiger partial charge on any atom is -0.446 e. The van der Waals surface area contributed by atoms with E-state index in [-0.39, 0.29) is 30.7 Å². The Balaban J connectivity index is 0.00000450. The summed E-state index contributed by atoms with van der Waals surface area (Å²) in [6.07, 6.45) is 2.63. The second-order valence-electron chi connectivity index (χ2n) is 7.61. The number of halogens is 1. The van der Waals surface area contributed by atoms with Crippen LogP contribution in [-0.2, 0) is 30.3 Å². The van der Waals surface area contributed by atoms with E-state index in [1.165, 1.54) is 13.8 Å². The molecule has 1 saturated carbocycles. The third-order valence-electron chi connectivity index (χ3n) is 5.26. The lowest BCUT2D eigenvalue weighted by molar-refractivity contribution is -0.159. The van der Waals surface area contributed by atoms with E-state index in [1.54, 1.807) is 24.3 Å². The van der Waals surface area contributed by atoms with Crippen molar-refractivity contribution in [2.24, 2.45) is 17.6 Å². The van der Waals surface area contributed by atoms with Crippen molar-refractivity contribution in [2.75, 3.05) is 6.54 Å². The molecule has 30 heavy (non-hydrogen) atoms. The monoisotopic (exact) mass is 439 g/mol. The topological polar surface area (TPSA) is 113 Å². The second kappa shape index (κ2) is 12.4. The maximum Gasteiger partial charge on any atom is 0.314 e. The molecule has 0 bridgehead atoms. The highest BCUT2D eigenvalue weighted by Crippen LogP contribution is 2.29. The molecular formula is C22H30ClNO6. The minimum absolute atomic E-state index is 0. The molecule has 7 nitrogen and oxygen atoms in total. The lowest BCUT2D eigenvalue weighted by Gasteiger charge is -2.26. The van der Waals surface area contributed by atoms with E-state index in [4.69, 9.17) is 15.2 Å². The zero-order chi connectivity index (χ0) is 21.4. The van der Waals surface area contributed by atoms with Gasteiger partial charge in [0.2, 0.25) is 6.10 Å². The number of aryl methyl sites for hydroxylation is 1. The molecule has 0 saturated heterocycles. The SMILES string of the molecule is CC(=O)C(OC(=O)CCc1ccc(OC(=O)C2CCC(CN)CC2)cc1)C(C)=O.Cl. The summed E-state index contributed by atoms with van der Waals surface area (Å²) in [6.45, 7) is 3.09. The van der Waals surface area contributed by atoms with Crippen molar-refractivity contribution >= 4 is 35.9 Å². The van der Waals surface area contributed by atoms with Gasteiger partial charge in [0.05, 0.1) is 5.92 Å². The first kappa shape index (κ1) is 25.8. The van der Waals surface area contributed by atoms with Crippen molar-refractivity contribution < 1.29 is 28.7 Å². The van der Waals surface area contributed by atoms with Crippen molar-refractivity contribution in [1.82, 2.24) is 0 Å². The van der Waals surface area contributed by atoms with Crippen LogP contribution in [-0.4, -0.2) is 36.2 Å². The Morgan fingerprint density at radius 2 is 1.57 bits per heavy atom. The number of esters is 2. The van der Waals surface area contributed by atoms with Gasteiger partial charge in [-0.25, -0.2) is 0 Å². The number of ketones is 2. The maximum atomic E-state index is 12.3. The molecule has 1 fully saturated rings. The van der Waals surface area contributed by atoms with Crippen LogP contribution in [0.5, 0.6) is 5.75 Å². The van der Waals surface area contributed by atoms with Gasteiger partial charge >= 0.3 is 11.9 Å². The summed E-state index contributed by atoms with van der Waals surface area (Å²) in [4.78, 5) is 46.8. The molecule has 1 aliphatic carbocycles. The van der Waals surface area contributed by atoms with Crippen LogP contribution >= 0.6 is 12.4 Å². The van der Waals surface area contributed by atoms with Gasteiger partial charge < -0.3 is 15.2 Å². The first-order valence-electron chi connectivity index (χ1n) is 10.0. The van der Waals surface area contributed by atoms with Crippen LogP contribution in [0.2, 0.25) is 0 Å². The number of benzene rings is 1. The van der Waals surface area contributed by atoms with E-state index in [0.717, 1.165) is 31.2 Å². The van der Waals surface area contributed by atoms with Crippen molar-refractivity contribution in [3.05, 3.63) is 29.8 Å². The normalized spacial score (nSPS) is 18.3. The molecule has 0 aromatic heterocycles. The highest BCUT2D eigenvalue weighted by Gasteiger charge is 2.27. The summed E-state index contributed by atoms with van der Waals surface area (Å²) in [5.41, 5.74) is 6.53. The van der Waals surface area contributed by atoms with E-state index in [1.807, 2.05) is 0 Å². The van der Waals surface area contributed by atoms with E-state index >= 15 is 0 Å². The van der Waals surface area contributed by atoms with Gasteiger partial charge in [0, 0.05) is 6.42 Å². The van der Waals surface area contributed by atoms with Gasteiger partial charge in [0.15, 0.2) is 11.6 Å². The quantitative estimate of drug-likeness (QED) is 0.357. The third-order valence-corrected chi connectivity index (χ3v) is 5.26. The van der Waals surface area contributed by atoms with Gasteiger partial charge in [0.25, 0.3) is 0 Å². The smallest absolute Gasteiger partial charge is 0.314 e. The highest BCUT2D eigenvalue weighted by molar-refractivity contribution is 6.04. The first-order chi connectivity index (χ1) is 13.8. The fraction of sp³-hybridized carbons (Fsp3) is 0.545. The van der Waals surface area contributed by atoms with Crippen molar-refractivity contribution in [3.8, 4) is 5.75 Å². The summed E-state index contributed by atoms with van der Waals surface area (Å²) in [6, 6.07) is 6.93. The second-order valence-corrected chi connectivity index (χ2v) is 7.61. The Hall–Kier alpha value is -2.25. The number of nitrogens with two attached hydrogens (primary N) is 1. The molecule has 0 heterocycles. The fourth-order valence-electron chi connectivity index (χ4n) is 3.45. The molecule has 1 aliphatic rings. The van der Waals surface area contributed by atoms with Crippen LogP contribution in [0, 0.1) is 11.8 Å². The minimum atomic E-state index is -1.33. The standard InChI is InChI=1S/C22H29NO6.ClH/c1-14(24)21(15(2)25)29-20(26)12-7-16-5-10-19(11-6-16)28-22(27)18-8-3-17(13-23)4-9-18;/h5-6,10-11,17-18,21H,3-4,7-9,12-13,23H2,1-2H3;1H. The fourth-order valence-corrected chi connectivity index (χ4v) is 3.45. The predicted octanol–water partition coefficient (Wildman–Crippen LogP) is 2.80. The van der Waals surface area contributed by atoms with Crippen LogP contribution in [0.15, 0.2) is 24.3 Å². The molecule has 1 aromatic carbocycles. The largest absolute Gasteiger partial charge is 0.446 e. The zero-order valence-electron chi connectivity index (χ0n) is 17.4. The maximum absolute atomic E-state index is 12.3. The number of hydrogen-bond donors (Lipinski definition) is 1.